The van der Waals surface area contributed by atoms with Crippen molar-refractivity contribution in [1.82, 2.24) is 9.38 Å². The molecule has 32 heavy (non-hydrogen) atoms. The van der Waals surface area contributed by atoms with Gasteiger partial charge in [-0.05, 0) is 49.1 Å². The Bertz CT molecular complexity index is 1230. The summed E-state index contributed by atoms with van der Waals surface area (Å²) in [4.78, 5) is 17.6. The number of Topliss-reactive ketones (excluding diaryl/α,β-unsaturated/α-hetero) is 1. The molecule has 1 atom stereocenters. The molecule has 0 amide bonds. The minimum Gasteiger partial charge on any atom is -0.485 e. The topological polar surface area (TPSA) is 43.6 Å². The van der Waals surface area contributed by atoms with Gasteiger partial charge < -0.3 is 4.74 Å². The van der Waals surface area contributed by atoms with Gasteiger partial charge in [-0.15, -0.1) is 0 Å². The first-order valence-electron chi connectivity index (χ1n) is 10.5. The largest absolute Gasteiger partial charge is 0.485 e. The van der Waals surface area contributed by atoms with Crippen LogP contribution < -0.4 is 4.74 Å². The number of hydrogen-bond donors (Lipinski definition) is 0. The van der Waals surface area contributed by atoms with E-state index >= 15 is 0 Å². The van der Waals surface area contributed by atoms with Gasteiger partial charge in [-0.25, -0.2) is 13.8 Å². The maximum absolute atomic E-state index is 13.9. The molecule has 0 saturated heterocycles. The number of imidazole rings is 1. The van der Waals surface area contributed by atoms with E-state index in [0.29, 0.717) is 29.2 Å². The van der Waals surface area contributed by atoms with Crippen LogP contribution >= 0.6 is 0 Å². The molecule has 0 spiro atoms. The highest BCUT2D eigenvalue weighted by molar-refractivity contribution is 5.96. The van der Waals surface area contributed by atoms with E-state index in [1.165, 1.54) is 23.8 Å². The smallest absolute Gasteiger partial charge is 0.181 e. The third-order valence-electron chi connectivity index (χ3n) is 5.45. The fraction of sp³-hybridized carbons (Fsp3) is 0.231. The summed E-state index contributed by atoms with van der Waals surface area (Å²) >= 11 is 0. The van der Waals surface area contributed by atoms with Crippen LogP contribution in [-0.2, 0) is 13.0 Å². The molecule has 0 unspecified atom stereocenters. The fourth-order valence-electron chi connectivity index (χ4n) is 3.93. The number of pyridine rings is 1. The number of ketones is 1. The van der Waals surface area contributed by atoms with E-state index in [0.717, 1.165) is 6.42 Å². The molecule has 0 saturated carbocycles. The third kappa shape index (κ3) is 4.54. The number of benzene rings is 2. The molecule has 0 bridgehead atoms. The van der Waals surface area contributed by atoms with Crippen molar-refractivity contribution in [3.05, 3.63) is 101 Å². The minimum atomic E-state index is -0.667. The van der Waals surface area contributed by atoms with Gasteiger partial charge in [0.25, 0.3) is 0 Å². The number of fused-ring (bicyclic) bond motifs is 1. The zero-order valence-electron chi connectivity index (χ0n) is 18.0. The van der Waals surface area contributed by atoms with Crippen LogP contribution in [0.4, 0.5) is 8.78 Å². The van der Waals surface area contributed by atoms with Crippen LogP contribution in [0.5, 0.6) is 5.75 Å². The Morgan fingerprint density at radius 1 is 1.03 bits per heavy atom. The van der Waals surface area contributed by atoms with E-state index in [1.54, 1.807) is 29.7 Å². The summed E-state index contributed by atoms with van der Waals surface area (Å²) in [7, 11) is 0. The van der Waals surface area contributed by atoms with Crippen molar-refractivity contribution in [3.8, 4) is 5.75 Å². The molecule has 4 rings (SSSR count). The van der Waals surface area contributed by atoms with Crippen molar-refractivity contribution in [1.29, 1.82) is 0 Å². The summed E-state index contributed by atoms with van der Waals surface area (Å²) in [5.41, 5.74) is 2.58. The van der Waals surface area contributed by atoms with Crippen molar-refractivity contribution < 1.29 is 18.3 Å². The standard InChI is InChI=1S/C26H24F2N2O2/c1-17(14-19-8-4-3-5-9-19)15-23(31)25-18(2)29-26-24(12-7-13-30(25)26)32-16-20-21(27)10-6-11-22(20)28/h3-13,17H,14-16H2,1-2H3/t17-/m0/s1. The van der Waals surface area contributed by atoms with Gasteiger partial charge in [0.15, 0.2) is 17.2 Å². The number of carbonyl (C=O) groups is 1. The van der Waals surface area contributed by atoms with Crippen LogP contribution in [0.3, 0.4) is 0 Å². The van der Waals surface area contributed by atoms with Crippen molar-refractivity contribution in [2.75, 3.05) is 0 Å². The Morgan fingerprint density at radius 2 is 1.75 bits per heavy atom. The quantitative estimate of drug-likeness (QED) is 0.322. The summed E-state index contributed by atoms with van der Waals surface area (Å²) in [6.45, 7) is 3.56. The molecule has 164 valence electrons. The van der Waals surface area contributed by atoms with Crippen LogP contribution in [-0.4, -0.2) is 15.2 Å². The van der Waals surface area contributed by atoms with E-state index in [9.17, 15) is 13.6 Å². The summed E-state index contributed by atoms with van der Waals surface area (Å²) in [6.07, 6.45) is 2.95. The normalized spacial score (nSPS) is 12.1. The van der Waals surface area contributed by atoms with Gasteiger partial charge in [-0.2, -0.15) is 0 Å². The first-order chi connectivity index (χ1) is 15.4. The Hall–Kier alpha value is -3.54. The lowest BCUT2D eigenvalue weighted by Crippen LogP contribution is -2.12. The van der Waals surface area contributed by atoms with Crippen LogP contribution in [0.15, 0.2) is 66.9 Å². The molecule has 0 aliphatic heterocycles. The highest BCUT2D eigenvalue weighted by Gasteiger charge is 2.21. The van der Waals surface area contributed by atoms with E-state index in [2.05, 4.69) is 24.0 Å². The van der Waals surface area contributed by atoms with Gasteiger partial charge in [-0.1, -0.05) is 43.3 Å². The Kier molecular flexibility index (Phi) is 6.30. The van der Waals surface area contributed by atoms with Crippen LogP contribution in [0, 0.1) is 24.5 Å². The number of aryl methyl sites for hydroxylation is 1. The zero-order chi connectivity index (χ0) is 22.7. The molecule has 0 radical (unpaired) electrons. The van der Waals surface area contributed by atoms with Crippen LogP contribution in [0.1, 0.15) is 40.7 Å². The molecule has 0 aliphatic rings. The monoisotopic (exact) mass is 434 g/mol. The lowest BCUT2D eigenvalue weighted by Gasteiger charge is -2.12. The highest BCUT2D eigenvalue weighted by Crippen LogP contribution is 2.26. The van der Waals surface area contributed by atoms with Gasteiger partial charge in [0.2, 0.25) is 0 Å². The second-order valence-electron chi connectivity index (χ2n) is 8.02. The number of carbonyl (C=O) groups excluding carboxylic acids is 1. The van der Waals surface area contributed by atoms with Gasteiger partial charge in [0, 0.05) is 12.6 Å². The summed E-state index contributed by atoms with van der Waals surface area (Å²) in [5, 5.41) is 0. The van der Waals surface area contributed by atoms with Crippen molar-refractivity contribution in [2.24, 2.45) is 5.92 Å². The Balaban J connectivity index is 1.54. The van der Waals surface area contributed by atoms with E-state index in [-0.39, 0.29) is 23.9 Å². The van der Waals surface area contributed by atoms with Gasteiger partial charge >= 0.3 is 0 Å². The molecule has 4 aromatic rings. The average molecular weight is 434 g/mol. The molecule has 0 N–H and O–H groups in total. The second-order valence-corrected chi connectivity index (χ2v) is 8.02. The molecule has 2 aromatic heterocycles. The first kappa shape index (κ1) is 21.7. The van der Waals surface area contributed by atoms with Crippen molar-refractivity contribution in [3.63, 3.8) is 0 Å². The molecular weight excluding hydrogens is 410 g/mol. The number of rotatable bonds is 8. The summed E-state index contributed by atoms with van der Waals surface area (Å²) < 4.78 is 35.3. The SMILES string of the molecule is Cc1nc2c(OCc3c(F)cccc3F)cccn2c1C(=O)C[C@@H](C)Cc1ccccc1. The number of hydrogen-bond acceptors (Lipinski definition) is 3. The Morgan fingerprint density at radius 3 is 2.47 bits per heavy atom. The number of ether oxygens (including phenoxy) is 1. The van der Waals surface area contributed by atoms with Crippen LogP contribution in [0.2, 0.25) is 0 Å². The minimum absolute atomic E-state index is 0.00395. The fourth-order valence-corrected chi connectivity index (χ4v) is 3.93. The highest BCUT2D eigenvalue weighted by atomic mass is 19.1. The maximum Gasteiger partial charge on any atom is 0.181 e. The van der Waals surface area contributed by atoms with Gasteiger partial charge in [-0.3, -0.25) is 9.20 Å². The van der Waals surface area contributed by atoms with Crippen molar-refractivity contribution >= 4 is 11.4 Å². The van der Waals surface area contributed by atoms with E-state index in [4.69, 9.17) is 4.74 Å². The van der Waals surface area contributed by atoms with Gasteiger partial charge in [0.05, 0.1) is 11.3 Å². The molecule has 2 heterocycles. The predicted octanol–water partition coefficient (Wildman–Crippen LogP) is 5.95. The number of halogens is 2. The third-order valence-corrected chi connectivity index (χ3v) is 5.45. The molecule has 6 heteroatoms. The van der Waals surface area contributed by atoms with E-state index < -0.39 is 11.6 Å². The first-order valence-corrected chi connectivity index (χ1v) is 10.5. The molecular formula is C26H24F2N2O2. The maximum atomic E-state index is 13.9. The zero-order valence-corrected chi connectivity index (χ0v) is 18.0. The Labute approximate surface area is 185 Å². The average Bonchev–Trinajstić information content (AvgIpc) is 3.10. The molecule has 4 nitrogen and oxygen atoms in total. The van der Waals surface area contributed by atoms with Crippen molar-refractivity contribution in [2.45, 2.75) is 33.3 Å². The summed E-state index contributed by atoms with van der Waals surface area (Å²) in [5.74, 6) is -0.817. The molecule has 0 fully saturated rings. The van der Waals surface area contributed by atoms with E-state index in [1.807, 2.05) is 18.2 Å². The predicted molar refractivity (Wildman–Crippen MR) is 119 cm³/mol. The summed E-state index contributed by atoms with van der Waals surface area (Å²) in [6, 6.07) is 17.2. The molecule has 0 aliphatic carbocycles. The lowest BCUT2D eigenvalue weighted by atomic mass is 9.95. The number of aromatic nitrogens is 2. The lowest BCUT2D eigenvalue weighted by molar-refractivity contribution is 0.0958. The molecule has 2 aromatic carbocycles. The number of nitrogens with zero attached hydrogens (tertiary/aromatic N) is 2. The van der Waals surface area contributed by atoms with Gasteiger partial charge in [0.1, 0.15) is 23.9 Å². The second kappa shape index (κ2) is 9.30. The van der Waals surface area contributed by atoms with Crippen LogP contribution in [0.25, 0.3) is 5.65 Å².